The van der Waals surface area contributed by atoms with Crippen molar-refractivity contribution in [3.8, 4) is 28.4 Å². The molecule has 3 aromatic carbocycles. The molecule has 0 fully saturated rings. The first kappa shape index (κ1) is 22.9. The highest BCUT2D eigenvalue weighted by atomic mass is 16.5. The number of benzene rings is 3. The summed E-state index contributed by atoms with van der Waals surface area (Å²) in [6.07, 6.45) is 0. The maximum Gasteiger partial charge on any atom is 0.375 e. The van der Waals surface area contributed by atoms with E-state index >= 15 is 0 Å². The number of esters is 1. The summed E-state index contributed by atoms with van der Waals surface area (Å²) < 4.78 is 27.6. The highest BCUT2D eigenvalue weighted by molar-refractivity contribution is 5.98. The SMILES string of the molecule is CCOC(=O)c1oc2cc(OCc3cccc(OC)c3)ccc2c(=O)c1-c1ccccc1OC. The summed E-state index contributed by atoms with van der Waals surface area (Å²) in [4.78, 5) is 26.3. The lowest BCUT2D eigenvalue weighted by molar-refractivity contribution is 0.0492. The van der Waals surface area contributed by atoms with Crippen molar-refractivity contribution >= 4 is 16.9 Å². The van der Waals surface area contributed by atoms with Crippen molar-refractivity contribution in [3.63, 3.8) is 0 Å². The van der Waals surface area contributed by atoms with E-state index in [4.69, 9.17) is 23.4 Å². The molecule has 7 nitrogen and oxygen atoms in total. The molecule has 0 radical (unpaired) electrons. The van der Waals surface area contributed by atoms with E-state index in [0.717, 1.165) is 11.3 Å². The minimum Gasteiger partial charge on any atom is -0.497 e. The second kappa shape index (κ2) is 10.1. The molecule has 174 valence electrons. The van der Waals surface area contributed by atoms with E-state index in [1.807, 2.05) is 24.3 Å². The Morgan fingerprint density at radius 2 is 1.74 bits per heavy atom. The van der Waals surface area contributed by atoms with Gasteiger partial charge in [0.15, 0.2) is 0 Å². The van der Waals surface area contributed by atoms with Crippen LogP contribution in [0, 0.1) is 0 Å². The predicted molar refractivity (Wildman–Crippen MR) is 128 cm³/mol. The normalized spacial score (nSPS) is 10.7. The van der Waals surface area contributed by atoms with Crippen LogP contribution in [-0.4, -0.2) is 26.8 Å². The molecule has 34 heavy (non-hydrogen) atoms. The first-order valence-corrected chi connectivity index (χ1v) is 10.7. The lowest BCUT2D eigenvalue weighted by atomic mass is 10.0. The summed E-state index contributed by atoms with van der Waals surface area (Å²) in [5.41, 5.74) is 1.30. The van der Waals surface area contributed by atoms with Gasteiger partial charge in [-0.1, -0.05) is 30.3 Å². The largest absolute Gasteiger partial charge is 0.497 e. The Bertz CT molecular complexity index is 1390. The number of hydrogen-bond donors (Lipinski definition) is 0. The van der Waals surface area contributed by atoms with E-state index in [9.17, 15) is 9.59 Å². The van der Waals surface area contributed by atoms with Gasteiger partial charge in [-0.25, -0.2) is 4.79 Å². The van der Waals surface area contributed by atoms with E-state index in [0.29, 0.717) is 22.4 Å². The molecule has 0 aliphatic rings. The zero-order valence-electron chi connectivity index (χ0n) is 19.1. The molecule has 0 saturated carbocycles. The number of carbonyl (C=O) groups excluding carboxylic acids is 1. The summed E-state index contributed by atoms with van der Waals surface area (Å²) in [5, 5.41) is 0.308. The minimum atomic E-state index is -0.731. The van der Waals surface area contributed by atoms with Gasteiger partial charge in [0.05, 0.1) is 31.8 Å². The highest BCUT2D eigenvalue weighted by Crippen LogP contribution is 2.33. The van der Waals surface area contributed by atoms with Crippen LogP contribution in [0.4, 0.5) is 0 Å². The minimum absolute atomic E-state index is 0.0912. The van der Waals surface area contributed by atoms with E-state index in [1.165, 1.54) is 7.11 Å². The molecule has 0 aliphatic heterocycles. The van der Waals surface area contributed by atoms with Gasteiger partial charge in [0.25, 0.3) is 0 Å². The maximum atomic E-state index is 13.5. The Morgan fingerprint density at radius 3 is 2.50 bits per heavy atom. The molecular weight excluding hydrogens is 436 g/mol. The highest BCUT2D eigenvalue weighted by Gasteiger charge is 2.25. The van der Waals surface area contributed by atoms with Gasteiger partial charge in [-0.05, 0) is 42.8 Å². The van der Waals surface area contributed by atoms with Crippen molar-refractivity contribution in [2.75, 3.05) is 20.8 Å². The third-order valence-electron chi connectivity index (χ3n) is 5.24. The smallest absolute Gasteiger partial charge is 0.375 e. The van der Waals surface area contributed by atoms with Gasteiger partial charge in [0.1, 0.15) is 29.4 Å². The first-order chi connectivity index (χ1) is 16.5. The van der Waals surface area contributed by atoms with E-state index < -0.39 is 5.97 Å². The van der Waals surface area contributed by atoms with Crippen LogP contribution in [0.5, 0.6) is 17.2 Å². The molecule has 4 aromatic rings. The van der Waals surface area contributed by atoms with Crippen LogP contribution in [-0.2, 0) is 11.3 Å². The molecular formula is C27H24O7. The average Bonchev–Trinajstić information content (AvgIpc) is 2.87. The van der Waals surface area contributed by atoms with Gasteiger partial charge in [-0.2, -0.15) is 0 Å². The zero-order valence-corrected chi connectivity index (χ0v) is 19.1. The van der Waals surface area contributed by atoms with Gasteiger partial charge < -0.3 is 23.4 Å². The molecule has 4 rings (SSSR count). The van der Waals surface area contributed by atoms with Crippen LogP contribution < -0.4 is 19.6 Å². The Kier molecular flexibility index (Phi) is 6.82. The lowest BCUT2D eigenvalue weighted by Crippen LogP contribution is -2.15. The molecule has 0 bridgehead atoms. The van der Waals surface area contributed by atoms with E-state index in [-0.39, 0.29) is 35.5 Å². The topological polar surface area (TPSA) is 84.2 Å². The van der Waals surface area contributed by atoms with Gasteiger partial charge in [-0.3, -0.25) is 4.79 Å². The first-order valence-electron chi connectivity index (χ1n) is 10.7. The molecule has 0 unspecified atom stereocenters. The van der Waals surface area contributed by atoms with Crippen molar-refractivity contribution in [1.29, 1.82) is 0 Å². The number of rotatable bonds is 8. The zero-order chi connectivity index (χ0) is 24.1. The Morgan fingerprint density at radius 1 is 0.912 bits per heavy atom. The average molecular weight is 460 g/mol. The molecule has 0 N–H and O–H groups in total. The van der Waals surface area contributed by atoms with Crippen molar-refractivity contribution in [3.05, 3.63) is 88.3 Å². The fraction of sp³-hybridized carbons (Fsp3) is 0.185. The molecule has 0 aliphatic carbocycles. The monoisotopic (exact) mass is 460 g/mol. The second-order valence-corrected chi connectivity index (χ2v) is 7.35. The summed E-state index contributed by atoms with van der Waals surface area (Å²) >= 11 is 0. The predicted octanol–water partition coefficient (Wildman–Crippen LogP) is 5.23. The molecule has 0 saturated heterocycles. The summed E-state index contributed by atoms with van der Waals surface area (Å²) in [7, 11) is 3.10. The summed E-state index contributed by atoms with van der Waals surface area (Å²) in [6, 6.07) is 19.4. The van der Waals surface area contributed by atoms with Crippen molar-refractivity contribution < 1.29 is 28.2 Å². The maximum absolute atomic E-state index is 13.5. The standard InChI is InChI=1S/C27H24O7/c1-4-32-27(29)26-24(20-10-5-6-11-22(20)31-3)25(28)21-13-12-19(15-23(21)34-26)33-16-17-8-7-9-18(14-17)30-2/h5-15H,4,16H2,1-3H3. The van der Waals surface area contributed by atoms with Gasteiger partial charge in [-0.15, -0.1) is 0 Å². The van der Waals surface area contributed by atoms with Crippen LogP contribution >= 0.6 is 0 Å². The Labute approximate surface area is 196 Å². The number of hydrogen-bond acceptors (Lipinski definition) is 7. The van der Waals surface area contributed by atoms with Crippen molar-refractivity contribution in [2.45, 2.75) is 13.5 Å². The summed E-state index contributed by atoms with van der Waals surface area (Å²) in [6.45, 7) is 2.11. The van der Waals surface area contributed by atoms with Crippen molar-refractivity contribution in [2.24, 2.45) is 0 Å². The number of ether oxygens (including phenoxy) is 4. The Hall–Kier alpha value is -4.26. The van der Waals surface area contributed by atoms with E-state index in [1.54, 1.807) is 56.5 Å². The molecule has 1 aromatic heterocycles. The van der Waals surface area contributed by atoms with Crippen LogP contribution in [0.1, 0.15) is 23.0 Å². The van der Waals surface area contributed by atoms with Crippen LogP contribution in [0.15, 0.2) is 75.9 Å². The second-order valence-electron chi connectivity index (χ2n) is 7.35. The number of para-hydroxylation sites is 1. The third-order valence-corrected chi connectivity index (χ3v) is 5.24. The summed E-state index contributed by atoms with van der Waals surface area (Å²) in [5.74, 6) is 0.740. The van der Waals surface area contributed by atoms with Crippen LogP contribution in [0.3, 0.4) is 0 Å². The number of carbonyl (C=O) groups is 1. The molecule has 0 spiro atoms. The molecule has 7 heteroatoms. The lowest BCUT2D eigenvalue weighted by Gasteiger charge is -2.13. The van der Waals surface area contributed by atoms with Crippen LogP contribution in [0.2, 0.25) is 0 Å². The molecule has 0 atom stereocenters. The molecule has 1 heterocycles. The number of methoxy groups -OCH3 is 2. The van der Waals surface area contributed by atoms with Crippen molar-refractivity contribution in [1.82, 2.24) is 0 Å². The third kappa shape index (κ3) is 4.59. The number of fused-ring (bicyclic) bond motifs is 1. The van der Waals surface area contributed by atoms with Gasteiger partial charge in [0.2, 0.25) is 11.2 Å². The Balaban J connectivity index is 1.78. The van der Waals surface area contributed by atoms with E-state index in [2.05, 4.69) is 0 Å². The van der Waals surface area contributed by atoms with Crippen LogP contribution in [0.25, 0.3) is 22.1 Å². The van der Waals surface area contributed by atoms with Gasteiger partial charge >= 0.3 is 5.97 Å². The quantitative estimate of drug-likeness (QED) is 0.333. The molecule has 0 amide bonds. The van der Waals surface area contributed by atoms with Gasteiger partial charge in [0, 0.05) is 11.6 Å². The fourth-order valence-corrected chi connectivity index (χ4v) is 3.63. The fourth-order valence-electron chi connectivity index (χ4n) is 3.63.